The van der Waals surface area contributed by atoms with Gasteiger partial charge in [-0.2, -0.15) is 0 Å². The number of esters is 1. The highest BCUT2D eigenvalue weighted by molar-refractivity contribution is 6.76. The number of alkyl halides is 3. The predicted octanol–water partition coefficient (Wildman–Crippen LogP) is 3.73. The summed E-state index contributed by atoms with van der Waals surface area (Å²) < 4.78 is 8.52. The second-order valence-electron chi connectivity index (χ2n) is 8.08. The first-order chi connectivity index (χ1) is 17.9. The van der Waals surface area contributed by atoms with Gasteiger partial charge in [0.25, 0.3) is 15.4 Å². The first-order valence-corrected chi connectivity index (χ1v) is 12.2. The number of nitro benzene ring substituents is 1. The average molecular weight is 588 g/mol. The van der Waals surface area contributed by atoms with Gasteiger partial charge in [-0.15, -0.1) is 0 Å². The molecule has 0 aliphatic carbocycles. The molecule has 1 saturated heterocycles. The van der Waals surface area contributed by atoms with Crippen LogP contribution in [0.25, 0.3) is 0 Å². The first-order valence-electron chi connectivity index (χ1n) is 11.0. The maximum atomic E-state index is 12.9. The molecule has 38 heavy (non-hydrogen) atoms. The number of non-ortho nitro benzene ring substituents is 1. The van der Waals surface area contributed by atoms with Crippen molar-refractivity contribution in [2.45, 2.75) is 29.0 Å². The lowest BCUT2D eigenvalue weighted by Gasteiger charge is -2.24. The van der Waals surface area contributed by atoms with Gasteiger partial charge in [0.2, 0.25) is 0 Å². The zero-order valence-corrected chi connectivity index (χ0v) is 21.7. The summed E-state index contributed by atoms with van der Waals surface area (Å²) in [6.07, 6.45) is -1.33. The van der Waals surface area contributed by atoms with E-state index in [4.69, 9.17) is 44.3 Å². The summed E-state index contributed by atoms with van der Waals surface area (Å²) in [4.78, 5) is 60.7. The molecule has 2 N–H and O–H groups in total. The Hall–Kier alpha value is -3.61. The van der Waals surface area contributed by atoms with Gasteiger partial charge >= 0.3 is 18.1 Å². The van der Waals surface area contributed by atoms with Crippen LogP contribution >= 0.6 is 34.8 Å². The Bertz CT molecular complexity index is 1190. The largest absolute Gasteiger partial charge is 0.457 e. The minimum Gasteiger partial charge on any atom is -0.457 e. The number of nitrogens with one attached hydrogen (secondary N) is 2. The van der Waals surface area contributed by atoms with E-state index in [0.29, 0.717) is 11.1 Å². The van der Waals surface area contributed by atoms with Crippen LogP contribution in [-0.4, -0.2) is 62.9 Å². The van der Waals surface area contributed by atoms with Gasteiger partial charge < -0.3 is 14.8 Å². The van der Waals surface area contributed by atoms with E-state index in [1.807, 2.05) is 5.32 Å². The number of hydrogen-bond acceptors (Lipinski definition) is 8. The lowest BCUT2D eigenvalue weighted by molar-refractivity contribution is -0.384. The van der Waals surface area contributed by atoms with Crippen LogP contribution in [0.1, 0.15) is 22.3 Å². The van der Waals surface area contributed by atoms with Gasteiger partial charge in [0.15, 0.2) is 0 Å². The van der Waals surface area contributed by atoms with Crippen LogP contribution in [0.5, 0.6) is 0 Å². The first kappa shape index (κ1) is 29.0. The van der Waals surface area contributed by atoms with Crippen LogP contribution in [0, 0.1) is 10.1 Å². The van der Waals surface area contributed by atoms with E-state index in [0.717, 1.165) is 0 Å². The fourth-order valence-electron chi connectivity index (χ4n) is 3.54. The number of halogens is 3. The SMILES string of the molecule is O=C(NC[C@@H]1C[C@@H](OC(=O)c2ccccc2)CN1C(=O)OCc1ccc([N+](=O)[O-])cc1)NC(=O)C(Cl)(Cl)Cl. The Labute approximate surface area is 231 Å². The minimum absolute atomic E-state index is 0.0291. The Morgan fingerprint density at radius 1 is 1.05 bits per heavy atom. The number of carbonyl (C=O) groups excluding carboxylic acids is 4. The molecule has 1 fully saturated rings. The molecule has 4 amide bonds. The van der Waals surface area contributed by atoms with Gasteiger partial charge in [0.05, 0.1) is 23.1 Å². The number of hydrogen-bond donors (Lipinski definition) is 2. The number of urea groups is 1. The van der Waals surface area contributed by atoms with Crippen molar-refractivity contribution in [1.29, 1.82) is 0 Å². The second-order valence-corrected chi connectivity index (χ2v) is 10.4. The number of nitrogens with zero attached hydrogens (tertiary/aromatic N) is 2. The third-order valence-corrected chi connectivity index (χ3v) is 5.90. The second kappa shape index (κ2) is 12.8. The van der Waals surface area contributed by atoms with E-state index in [2.05, 4.69) is 5.32 Å². The summed E-state index contributed by atoms with van der Waals surface area (Å²) in [5, 5.41) is 15.1. The molecule has 2 aromatic carbocycles. The fourth-order valence-corrected chi connectivity index (χ4v) is 3.68. The number of rotatable bonds is 7. The molecule has 0 aromatic heterocycles. The van der Waals surface area contributed by atoms with Crippen molar-refractivity contribution in [2.75, 3.05) is 13.1 Å². The summed E-state index contributed by atoms with van der Waals surface area (Å²) in [6.45, 7) is -0.357. The number of amides is 4. The van der Waals surface area contributed by atoms with Gasteiger partial charge in [-0.3, -0.25) is 25.1 Å². The number of imide groups is 1. The standard InChI is InChI=1S/C23H21Cl3N4O8/c24-23(25,26)20(32)28-21(33)27-11-17-10-18(38-19(31)15-4-2-1-3-5-15)12-29(17)22(34)37-13-14-6-8-16(9-7-14)30(35)36/h1-9,17-18H,10-13H2,(H2,27,28,32,33)/t17-,18+/m0/s1. The van der Waals surface area contributed by atoms with Gasteiger partial charge in [-0.25, -0.2) is 14.4 Å². The van der Waals surface area contributed by atoms with E-state index in [9.17, 15) is 29.3 Å². The molecule has 0 bridgehead atoms. The summed E-state index contributed by atoms with van der Waals surface area (Å²) in [7, 11) is 0. The lowest BCUT2D eigenvalue weighted by atomic mass is 10.2. The molecule has 1 heterocycles. The molecule has 12 nitrogen and oxygen atoms in total. The monoisotopic (exact) mass is 586 g/mol. The fraction of sp³-hybridized carbons (Fsp3) is 0.304. The number of benzene rings is 2. The van der Waals surface area contributed by atoms with Crippen molar-refractivity contribution >= 4 is 64.5 Å². The highest BCUT2D eigenvalue weighted by Gasteiger charge is 2.39. The molecule has 202 valence electrons. The Morgan fingerprint density at radius 2 is 1.71 bits per heavy atom. The Kier molecular flexibility index (Phi) is 9.72. The average Bonchev–Trinajstić information content (AvgIpc) is 3.28. The normalized spacial score (nSPS) is 16.9. The summed E-state index contributed by atoms with van der Waals surface area (Å²) in [5.74, 6) is -1.75. The zero-order chi connectivity index (χ0) is 27.9. The van der Waals surface area contributed by atoms with Crippen molar-refractivity contribution in [3.05, 3.63) is 75.8 Å². The topological polar surface area (TPSA) is 157 Å². The molecule has 0 saturated carbocycles. The van der Waals surface area contributed by atoms with Crippen LogP contribution in [0.3, 0.4) is 0 Å². The van der Waals surface area contributed by atoms with Crippen LogP contribution in [-0.2, 0) is 20.9 Å². The van der Waals surface area contributed by atoms with Gasteiger partial charge in [0, 0.05) is 25.1 Å². The third kappa shape index (κ3) is 8.20. The van der Waals surface area contributed by atoms with E-state index >= 15 is 0 Å². The molecule has 1 aliphatic heterocycles. The number of likely N-dealkylation sites (tertiary alicyclic amines) is 1. The van der Waals surface area contributed by atoms with Crippen LogP contribution < -0.4 is 10.6 Å². The Balaban J connectivity index is 1.64. The molecule has 2 aromatic rings. The van der Waals surface area contributed by atoms with Gasteiger partial charge in [-0.1, -0.05) is 53.0 Å². The van der Waals surface area contributed by atoms with E-state index in [1.165, 1.54) is 29.2 Å². The van der Waals surface area contributed by atoms with Gasteiger partial charge in [0.1, 0.15) is 12.7 Å². The van der Waals surface area contributed by atoms with Crippen LogP contribution in [0.15, 0.2) is 54.6 Å². The molecule has 3 rings (SSSR count). The summed E-state index contributed by atoms with van der Waals surface area (Å²) in [5.41, 5.74) is 0.723. The number of nitro groups is 1. The molecule has 0 spiro atoms. The quantitative estimate of drug-likeness (QED) is 0.215. The van der Waals surface area contributed by atoms with Crippen molar-refractivity contribution in [3.8, 4) is 0 Å². The van der Waals surface area contributed by atoms with E-state index in [1.54, 1.807) is 30.3 Å². The summed E-state index contributed by atoms with van der Waals surface area (Å²) in [6, 6.07) is 12.1. The van der Waals surface area contributed by atoms with Crippen molar-refractivity contribution in [3.63, 3.8) is 0 Å². The number of ether oxygens (including phenoxy) is 2. The third-order valence-electron chi connectivity index (χ3n) is 5.39. The van der Waals surface area contributed by atoms with Crippen LogP contribution in [0.4, 0.5) is 15.3 Å². The van der Waals surface area contributed by atoms with Gasteiger partial charge in [-0.05, 0) is 29.8 Å². The van der Waals surface area contributed by atoms with Crippen molar-refractivity contribution in [2.24, 2.45) is 0 Å². The highest BCUT2D eigenvalue weighted by Crippen LogP contribution is 2.26. The number of carbonyl (C=O) groups is 4. The van der Waals surface area contributed by atoms with E-state index < -0.39 is 44.9 Å². The van der Waals surface area contributed by atoms with Crippen LogP contribution in [0.2, 0.25) is 0 Å². The molecular weight excluding hydrogens is 567 g/mol. The maximum absolute atomic E-state index is 12.9. The molecule has 0 radical (unpaired) electrons. The molecule has 2 atom stereocenters. The summed E-state index contributed by atoms with van der Waals surface area (Å²) >= 11 is 16.3. The molecule has 1 aliphatic rings. The van der Waals surface area contributed by atoms with Crippen molar-refractivity contribution < 1.29 is 33.6 Å². The predicted molar refractivity (Wildman–Crippen MR) is 136 cm³/mol. The highest BCUT2D eigenvalue weighted by atomic mass is 35.6. The smallest absolute Gasteiger partial charge is 0.410 e. The molecular formula is C23H21Cl3N4O8. The van der Waals surface area contributed by atoms with Crippen molar-refractivity contribution in [1.82, 2.24) is 15.5 Å². The minimum atomic E-state index is -2.35. The van der Waals surface area contributed by atoms with E-state index in [-0.39, 0.29) is 31.8 Å². The lowest BCUT2D eigenvalue weighted by Crippen LogP contribution is -2.49. The zero-order valence-electron chi connectivity index (χ0n) is 19.5. The Morgan fingerprint density at radius 3 is 2.32 bits per heavy atom. The molecule has 15 heteroatoms. The maximum Gasteiger partial charge on any atom is 0.410 e. The molecule has 0 unspecified atom stereocenters.